The van der Waals surface area contributed by atoms with Crippen molar-refractivity contribution in [2.45, 2.75) is 37.6 Å². The quantitative estimate of drug-likeness (QED) is 0.817. The first-order chi connectivity index (χ1) is 8.31. The second kappa shape index (κ2) is 5.97. The lowest BCUT2D eigenvalue weighted by molar-refractivity contribution is -0.134. The largest absolute Gasteiger partial charge is 0.342 e. The summed E-state index contributed by atoms with van der Waals surface area (Å²) in [5.74, 6) is -0.784. The van der Waals surface area contributed by atoms with Gasteiger partial charge in [-0.15, -0.1) is 0 Å². The zero-order valence-electron chi connectivity index (χ0n) is 10.4. The monoisotopic (exact) mass is 271 g/mol. The van der Waals surface area contributed by atoms with Gasteiger partial charge in [-0.25, -0.2) is 0 Å². The highest BCUT2D eigenvalue weighted by molar-refractivity contribution is 7.87. The van der Waals surface area contributed by atoms with E-state index in [0.29, 0.717) is 6.42 Å². The van der Waals surface area contributed by atoms with E-state index in [2.05, 4.69) is 4.18 Å². The minimum Gasteiger partial charge on any atom is -0.342 e. The van der Waals surface area contributed by atoms with Gasteiger partial charge in [-0.1, -0.05) is 17.7 Å². The van der Waals surface area contributed by atoms with Gasteiger partial charge in [-0.2, -0.15) is 8.42 Å². The number of carbonyl (C=O) groups is 1. The minimum absolute atomic E-state index is 0.0112. The lowest BCUT2D eigenvalue weighted by atomic mass is 10.2. The molecule has 1 unspecified atom stereocenters. The minimum atomic E-state index is -4.01. The first kappa shape index (κ1) is 14.7. The van der Waals surface area contributed by atoms with Crippen molar-refractivity contribution in [1.82, 2.24) is 0 Å². The summed E-state index contributed by atoms with van der Waals surface area (Å²) in [6.45, 7) is 3.58. The molecule has 0 aliphatic carbocycles. The molecule has 0 spiro atoms. The molecule has 0 aromatic heterocycles. The van der Waals surface area contributed by atoms with Crippen LogP contribution in [-0.2, 0) is 19.1 Å². The highest BCUT2D eigenvalue weighted by atomic mass is 32.2. The number of aryl methyl sites for hydroxylation is 1. The highest BCUT2D eigenvalue weighted by Crippen LogP contribution is 2.14. The van der Waals surface area contributed by atoms with E-state index in [1.807, 2.05) is 6.92 Å². The molecule has 0 heterocycles. The normalized spacial score (nSPS) is 13.1. The first-order valence-electron chi connectivity index (χ1n) is 5.61. The van der Waals surface area contributed by atoms with Gasteiger partial charge in [-0.05, 0) is 32.4 Å². The summed E-state index contributed by atoms with van der Waals surface area (Å²) in [6.07, 6.45) is 0.380. The second-order valence-electron chi connectivity index (χ2n) is 4.24. The van der Waals surface area contributed by atoms with Gasteiger partial charge in [0, 0.05) is 12.5 Å². The predicted molar refractivity (Wildman–Crippen MR) is 67.3 cm³/mol. The second-order valence-corrected chi connectivity index (χ2v) is 5.78. The standard InChI is InChI=1S/C12H17NO4S/c1-9-3-6-11(7-4-9)18(15,16)17-12(14)8-5-10(2)13/h3-4,6-7,10H,5,8,13H2,1-2H3. The van der Waals surface area contributed by atoms with E-state index in [9.17, 15) is 13.2 Å². The summed E-state index contributed by atoms with van der Waals surface area (Å²) in [6, 6.07) is 5.93. The van der Waals surface area contributed by atoms with Crippen LogP contribution in [0.2, 0.25) is 0 Å². The lowest BCUT2D eigenvalue weighted by Gasteiger charge is -2.07. The van der Waals surface area contributed by atoms with Crippen LogP contribution in [-0.4, -0.2) is 20.4 Å². The van der Waals surface area contributed by atoms with Crippen LogP contribution in [0.25, 0.3) is 0 Å². The van der Waals surface area contributed by atoms with Gasteiger partial charge in [0.15, 0.2) is 0 Å². The van der Waals surface area contributed by atoms with Crippen molar-refractivity contribution in [1.29, 1.82) is 0 Å². The number of carbonyl (C=O) groups excluding carboxylic acids is 1. The molecular formula is C12H17NO4S. The van der Waals surface area contributed by atoms with Crippen LogP contribution >= 0.6 is 0 Å². The summed E-state index contributed by atoms with van der Waals surface area (Å²) in [5.41, 5.74) is 6.40. The van der Waals surface area contributed by atoms with Gasteiger partial charge in [0.25, 0.3) is 0 Å². The molecule has 0 aliphatic rings. The fourth-order valence-corrected chi connectivity index (χ4v) is 2.16. The summed E-state index contributed by atoms with van der Waals surface area (Å²) in [4.78, 5) is 11.3. The molecular weight excluding hydrogens is 254 g/mol. The fourth-order valence-electron chi connectivity index (χ4n) is 1.26. The van der Waals surface area contributed by atoms with Crippen molar-refractivity contribution in [3.63, 3.8) is 0 Å². The molecule has 1 rings (SSSR count). The fraction of sp³-hybridized carbons (Fsp3) is 0.417. The molecule has 2 N–H and O–H groups in total. The Morgan fingerprint density at radius 3 is 2.39 bits per heavy atom. The van der Waals surface area contributed by atoms with Crippen LogP contribution < -0.4 is 5.73 Å². The zero-order chi connectivity index (χ0) is 13.8. The number of hydrogen-bond acceptors (Lipinski definition) is 5. The van der Waals surface area contributed by atoms with Gasteiger partial charge in [0.2, 0.25) is 0 Å². The molecule has 0 radical (unpaired) electrons. The maximum Gasteiger partial charge on any atom is 0.341 e. The SMILES string of the molecule is Cc1ccc(S(=O)(=O)OC(=O)CCC(C)N)cc1. The number of benzene rings is 1. The van der Waals surface area contributed by atoms with E-state index in [-0.39, 0.29) is 17.4 Å². The Morgan fingerprint density at radius 2 is 1.89 bits per heavy atom. The maximum absolute atomic E-state index is 11.7. The third-order valence-electron chi connectivity index (χ3n) is 2.32. The number of hydrogen-bond donors (Lipinski definition) is 1. The topological polar surface area (TPSA) is 86.5 Å². The molecule has 0 fully saturated rings. The van der Waals surface area contributed by atoms with Crippen molar-refractivity contribution in [3.8, 4) is 0 Å². The summed E-state index contributed by atoms with van der Waals surface area (Å²) < 4.78 is 27.9. The van der Waals surface area contributed by atoms with Crippen molar-refractivity contribution >= 4 is 16.1 Å². The summed E-state index contributed by atoms with van der Waals surface area (Å²) in [5, 5.41) is 0. The Kier molecular flexibility index (Phi) is 4.86. The molecule has 0 aliphatic heterocycles. The molecule has 100 valence electrons. The summed E-state index contributed by atoms with van der Waals surface area (Å²) >= 11 is 0. The molecule has 5 nitrogen and oxygen atoms in total. The van der Waals surface area contributed by atoms with Gasteiger partial charge < -0.3 is 9.92 Å². The van der Waals surface area contributed by atoms with Crippen LogP contribution in [0, 0.1) is 6.92 Å². The zero-order valence-corrected chi connectivity index (χ0v) is 11.2. The maximum atomic E-state index is 11.7. The van der Waals surface area contributed by atoms with Crippen LogP contribution in [0.1, 0.15) is 25.3 Å². The Balaban J connectivity index is 2.70. The Hall–Kier alpha value is -1.40. The molecule has 1 aromatic rings. The molecule has 0 saturated carbocycles. The molecule has 0 amide bonds. The van der Waals surface area contributed by atoms with E-state index in [1.54, 1.807) is 19.1 Å². The Morgan fingerprint density at radius 1 is 1.33 bits per heavy atom. The van der Waals surface area contributed by atoms with Crippen molar-refractivity contribution in [2.75, 3.05) is 0 Å². The third-order valence-corrected chi connectivity index (χ3v) is 3.57. The van der Waals surface area contributed by atoms with Crippen LogP contribution in [0.4, 0.5) is 0 Å². The van der Waals surface area contributed by atoms with E-state index >= 15 is 0 Å². The number of nitrogens with two attached hydrogens (primary N) is 1. The molecule has 0 saturated heterocycles. The van der Waals surface area contributed by atoms with E-state index in [1.165, 1.54) is 12.1 Å². The van der Waals surface area contributed by atoms with Crippen molar-refractivity contribution < 1.29 is 17.4 Å². The predicted octanol–water partition coefficient (Wildman–Crippen LogP) is 1.35. The Bertz CT molecular complexity index is 505. The average molecular weight is 271 g/mol. The van der Waals surface area contributed by atoms with Crippen LogP contribution in [0.15, 0.2) is 29.2 Å². The third kappa shape index (κ3) is 4.46. The van der Waals surface area contributed by atoms with Gasteiger partial charge in [0.05, 0.1) is 0 Å². The first-order valence-corrected chi connectivity index (χ1v) is 7.01. The van der Waals surface area contributed by atoms with Gasteiger partial charge >= 0.3 is 16.1 Å². The lowest BCUT2D eigenvalue weighted by Crippen LogP contribution is -2.19. The molecule has 1 aromatic carbocycles. The molecule has 18 heavy (non-hydrogen) atoms. The molecule has 0 bridgehead atoms. The van der Waals surface area contributed by atoms with E-state index in [4.69, 9.17) is 5.73 Å². The van der Waals surface area contributed by atoms with E-state index < -0.39 is 16.1 Å². The van der Waals surface area contributed by atoms with Crippen LogP contribution in [0.5, 0.6) is 0 Å². The average Bonchev–Trinajstić information content (AvgIpc) is 2.26. The highest BCUT2D eigenvalue weighted by Gasteiger charge is 2.19. The smallest absolute Gasteiger partial charge is 0.341 e. The van der Waals surface area contributed by atoms with E-state index in [0.717, 1.165) is 5.56 Å². The molecule has 1 atom stereocenters. The van der Waals surface area contributed by atoms with Crippen molar-refractivity contribution in [2.24, 2.45) is 5.73 Å². The van der Waals surface area contributed by atoms with Gasteiger partial charge in [-0.3, -0.25) is 4.79 Å². The van der Waals surface area contributed by atoms with Crippen LogP contribution in [0.3, 0.4) is 0 Å². The van der Waals surface area contributed by atoms with Crippen molar-refractivity contribution in [3.05, 3.63) is 29.8 Å². The van der Waals surface area contributed by atoms with Gasteiger partial charge in [0.1, 0.15) is 4.90 Å². The Labute approximate surface area is 107 Å². The molecule has 6 heteroatoms. The number of rotatable bonds is 5. The summed E-state index contributed by atoms with van der Waals surface area (Å²) in [7, 11) is -4.01.